The summed E-state index contributed by atoms with van der Waals surface area (Å²) in [6.45, 7) is 2.24. The molecule has 0 aliphatic carbocycles. The van der Waals surface area contributed by atoms with Crippen molar-refractivity contribution in [3.8, 4) is 0 Å². The molecule has 0 spiro atoms. The van der Waals surface area contributed by atoms with Crippen LogP contribution < -0.4 is 15.5 Å². The lowest BCUT2D eigenvalue weighted by atomic mass is 10.2. The standard InChI is InChI=1S/C20H25N5O4S2/c26-18(13-16-14-30-20(23-16)25-12-9-21-19(25)27)22-15-5-7-17(8-6-15)31(28,29)24-10-3-1-2-4-11-24/h5-8,14H,1-4,9-13H2,(H,21,27)(H,22,26). The molecule has 0 unspecified atom stereocenters. The number of hydrogen-bond donors (Lipinski definition) is 2. The van der Waals surface area contributed by atoms with E-state index in [1.807, 2.05) is 0 Å². The van der Waals surface area contributed by atoms with Crippen LogP contribution >= 0.6 is 11.3 Å². The Hall–Kier alpha value is -2.50. The molecule has 2 saturated heterocycles. The Bertz CT molecular complexity index is 1040. The Kier molecular flexibility index (Phi) is 6.54. The monoisotopic (exact) mass is 463 g/mol. The first kappa shape index (κ1) is 21.7. The fraction of sp³-hybridized carbons (Fsp3) is 0.450. The van der Waals surface area contributed by atoms with Gasteiger partial charge in [0.2, 0.25) is 15.9 Å². The summed E-state index contributed by atoms with van der Waals surface area (Å²) in [5.74, 6) is -0.258. The number of urea groups is 1. The van der Waals surface area contributed by atoms with Crippen LogP contribution in [0.25, 0.3) is 0 Å². The Labute approximate surface area is 185 Å². The fourth-order valence-electron chi connectivity index (χ4n) is 3.67. The van der Waals surface area contributed by atoms with E-state index in [0.29, 0.717) is 42.7 Å². The van der Waals surface area contributed by atoms with E-state index in [9.17, 15) is 18.0 Å². The molecule has 2 aliphatic rings. The summed E-state index contributed by atoms with van der Waals surface area (Å²) in [6.07, 6.45) is 3.95. The molecule has 1 aromatic heterocycles. The highest BCUT2D eigenvalue weighted by Crippen LogP contribution is 2.24. The minimum atomic E-state index is -3.51. The third-order valence-electron chi connectivity index (χ3n) is 5.31. The van der Waals surface area contributed by atoms with E-state index >= 15 is 0 Å². The molecule has 2 fully saturated rings. The van der Waals surface area contributed by atoms with Crippen molar-refractivity contribution in [2.24, 2.45) is 0 Å². The normalized spacial score (nSPS) is 17.9. The van der Waals surface area contributed by atoms with Crippen LogP contribution in [0.2, 0.25) is 0 Å². The van der Waals surface area contributed by atoms with Crippen LogP contribution in [0.3, 0.4) is 0 Å². The molecule has 0 atom stereocenters. The molecule has 3 heterocycles. The predicted molar refractivity (Wildman–Crippen MR) is 119 cm³/mol. The van der Waals surface area contributed by atoms with Crippen molar-refractivity contribution >= 4 is 44.1 Å². The van der Waals surface area contributed by atoms with Crippen molar-refractivity contribution in [1.82, 2.24) is 14.6 Å². The maximum absolute atomic E-state index is 12.8. The third-order valence-corrected chi connectivity index (χ3v) is 8.14. The lowest BCUT2D eigenvalue weighted by Gasteiger charge is -2.20. The predicted octanol–water partition coefficient (Wildman–Crippen LogP) is 2.42. The molecule has 2 N–H and O–H groups in total. The van der Waals surface area contributed by atoms with Crippen molar-refractivity contribution in [3.63, 3.8) is 0 Å². The lowest BCUT2D eigenvalue weighted by Crippen LogP contribution is -2.31. The quantitative estimate of drug-likeness (QED) is 0.683. The second-order valence-corrected chi connectivity index (χ2v) is 10.3. The first-order valence-electron chi connectivity index (χ1n) is 10.3. The molecular formula is C20H25N5O4S2. The van der Waals surface area contributed by atoms with E-state index in [1.54, 1.807) is 26.7 Å². The van der Waals surface area contributed by atoms with E-state index in [0.717, 1.165) is 25.7 Å². The largest absolute Gasteiger partial charge is 0.336 e. The number of anilines is 2. The van der Waals surface area contributed by atoms with Gasteiger partial charge in [0, 0.05) is 37.2 Å². The molecule has 2 aliphatic heterocycles. The summed E-state index contributed by atoms with van der Waals surface area (Å²) in [6, 6.07) is 6.08. The zero-order chi connectivity index (χ0) is 21.8. The average molecular weight is 464 g/mol. The highest BCUT2D eigenvalue weighted by molar-refractivity contribution is 7.89. The van der Waals surface area contributed by atoms with Crippen LogP contribution in [0.5, 0.6) is 0 Å². The maximum Gasteiger partial charge on any atom is 0.323 e. The van der Waals surface area contributed by atoms with Crippen LogP contribution in [0.1, 0.15) is 31.4 Å². The number of nitrogens with one attached hydrogen (secondary N) is 2. The van der Waals surface area contributed by atoms with Crippen LogP contribution in [-0.2, 0) is 21.2 Å². The van der Waals surface area contributed by atoms with Gasteiger partial charge in [0.1, 0.15) is 0 Å². The molecule has 1 aromatic carbocycles. The molecule has 0 bridgehead atoms. The average Bonchev–Trinajstić information content (AvgIpc) is 3.27. The van der Waals surface area contributed by atoms with Crippen molar-refractivity contribution in [2.45, 2.75) is 37.0 Å². The lowest BCUT2D eigenvalue weighted by molar-refractivity contribution is -0.115. The van der Waals surface area contributed by atoms with Crippen LogP contribution in [0.15, 0.2) is 34.5 Å². The highest BCUT2D eigenvalue weighted by Gasteiger charge is 2.26. The molecular weight excluding hydrogens is 438 g/mol. The Balaban J connectivity index is 1.36. The molecule has 9 nitrogen and oxygen atoms in total. The summed E-state index contributed by atoms with van der Waals surface area (Å²) in [4.78, 5) is 30.3. The van der Waals surface area contributed by atoms with Gasteiger partial charge in [0.15, 0.2) is 5.13 Å². The molecule has 11 heteroatoms. The van der Waals surface area contributed by atoms with Gasteiger partial charge in [-0.15, -0.1) is 11.3 Å². The van der Waals surface area contributed by atoms with E-state index in [4.69, 9.17) is 0 Å². The van der Waals surface area contributed by atoms with Gasteiger partial charge < -0.3 is 10.6 Å². The van der Waals surface area contributed by atoms with E-state index in [2.05, 4.69) is 15.6 Å². The smallest absolute Gasteiger partial charge is 0.323 e. The van der Waals surface area contributed by atoms with Gasteiger partial charge in [0.25, 0.3) is 0 Å². The van der Waals surface area contributed by atoms with Gasteiger partial charge in [-0.25, -0.2) is 18.2 Å². The maximum atomic E-state index is 12.8. The van der Waals surface area contributed by atoms with E-state index in [1.165, 1.54) is 23.5 Å². The Morgan fingerprint density at radius 2 is 1.81 bits per heavy atom. The molecule has 2 aromatic rings. The van der Waals surface area contributed by atoms with Gasteiger partial charge in [-0.3, -0.25) is 9.69 Å². The first-order valence-corrected chi connectivity index (χ1v) is 12.7. The summed E-state index contributed by atoms with van der Waals surface area (Å²) in [5, 5.41) is 7.82. The molecule has 4 rings (SSSR count). The van der Waals surface area contributed by atoms with Gasteiger partial charge >= 0.3 is 6.03 Å². The zero-order valence-electron chi connectivity index (χ0n) is 17.0. The summed E-state index contributed by atoms with van der Waals surface area (Å²) >= 11 is 1.32. The topological polar surface area (TPSA) is 112 Å². The summed E-state index contributed by atoms with van der Waals surface area (Å²) < 4.78 is 27.2. The third kappa shape index (κ3) is 5.05. The van der Waals surface area contributed by atoms with Crippen molar-refractivity contribution in [3.05, 3.63) is 35.3 Å². The minimum Gasteiger partial charge on any atom is -0.336 e. The number of nitrogens with zero attached hydrogens (tertiary/aromatic N) is 3. The van der Waals surface area contributed by atoms with Crippen molar-refractivity contribution < 1.29 is 18.0 Å². The zero-order valence-corrected chi connectivity index (χ0v) is 18.7. The fourth-order valence-corrected chi connectivity index (χ4v) is 6.03. The van der Waals surface area contributed by atoms with Gasteiger partial charge in [-0.1, -0.05) is 12.8 Å². The van der Waals surface area contributed by atoms with Gasteiger partial charge in [0.05, 0.1) is 17.0 Å². The van der Waals surface area contributed by atoms with E-state index in [-0.39, 0.29) is 23.3 Å². The SMILES string of the molecule is O=C(Cc1csc(N2CCNC2=O)n1)Nc1ccc(S(=O)(=O)N2CCCCCC2)cc1. The Morgan fingerprint density at radius 3 is 2.45 bits per heavy atom. The number of carbonyl (C=O) groups is 2. The number of aromatic nitrogens is 1. The number of hydrogen-bond acceptors (Lipinski definition) is 6. The number of rotatable bonds is 6. The van der Waals surface area contributed by atoms with Gasteiger partial charge in [-0.2, -0.15) is 4.31 Å². The molecule has 0 saturated carbocycles. The molecule has 166 valence electrons. The number of benzene rings is 1. The minimum absolute atomic E-state index is 0.0692. The van der Waals surface area contributed by atoms with Crippen LogP contribution in [0.4, 0.5) is 15.6 Å². The first-order chi connectivity index (χ1) is 14.9. The van der Waals surface area contributed by atoms with Crippen LogP contribution in [-0.4, -0.2) is 55.8 Å². The van der Waals surface area contributed by atoms with Crippen molar-refractivity contribution in [1.29, 1.82) is 0 Å². The highest BCUT2D eigenvalue weighted by atomic mass is 32.2. The number of carbonyl (C=O) groups excluding carboxylic acids is 2. The molecule has 31 heavy (non-hydrogen) atoms. The summed E-state index contributed by atoms with van der Waals surface area (Å²) in [5.41, 5.74) is 1.10. The van der Waals surface area contributed by atoms with E-state index < -0.39 is 10.0 Å². The summed E-state index contributed by atoms with van der Waals surface area (Å²) in [7, 11) is -3.51. The number of thiazole rings is 1. The second kappa shape index (κ2) is 9.33. The van der Waals surface area contributed by atoms with Gasteiger partial charge in [-0.05, 0) is 37.1 Å². The molecule has 0 radical (unpaired) electrons. The Morgan fingerprint density at radius 1 is 1.10 bits per heavy atom. The second-order valence-electron chi connectivity index (χ2n) is 7.57. The number of amides is 3. The van der Waals surface area contributed by atoms with Crippen LogP contribution in [0, 0.1) is 0 Å². The van der Waals surface area contributed by atoms with Crippen molar-refractivity contribution in [2.75, 3.05) is 36.4 Å². The number of sulfonamides is 1. The molecule has 3 amide bonds.